The molecule has 0 aromatic carbocycles. The average Bonchev–Trinajstić information content (AvgIpc) is 2.46. The van der Waals surface area contributed by atoms with Gasteiger partial charge in [-0.05, 0) is 11.6 Å². The third-order valence-corrected chi connectivity index (χ3v) is 5.89. The van der Waals surface area contributed by atoms with E-state index in [0.29, 0.717) is 5.56 Å². The van der Waals surface area contributed by atoms with Crippen LogP contribution in [0.5, 0.6) is 0 Å². The zero-order valence-corrected chi connectivity index (χ0v) is 13.8. The van der Waals surface area contributed by atoms with Crippen LogP contribution in [-0.2, 0) is 15.6 Å². The van der Waals surface area contributed by atoms with Gasteiger partial charge in [-0.3, -0.25) is 4.98 Å². The molecule has 0 atom stereocenters. The lowest BCUT2D eigenvalue weighted by molar-refractivity contribution is 0.508. The van der Waals surface area contributed by atoms with Crippen LogP contribution in [0.3, 0.4) is 0 Å². The van der Waals surface area contributed by atoms with Gasteiger partial charge in [-0.1, -0.05) is 40.9 Å². The predicted octanol–water partition coefficient (Wildman–Crippen LogP) is 3.75. The summed E-state index contributed by atoms with van der Waals surface area (Å²) >= 11 is 17.9. The molecule has 0 saturated heterocycles. The molecule has 3 rings (SSSR count). The minimum Gasteiger partial charge on any atom is -0.504 e. The second-order valence-corrected chi connectivity index (χ2v) is 7.60. The molecule has 0 amide bonds. The number of aliphatic hydroxyl groups is 1. The van der Waals surface area contributed by atoms with Crippen molar-refractivity contribution in [2.45, 2.75) is 5.75 Å². The number of halogens is 3. The van der Waals surface area contributed by atoms with E-state index < -0.39 is 20.5 Å². The van der Waals surface area contributed by atoms with Gasteiger partial charge in [0.1, 0.15) is 15.8 Å². The van der Waals surface area contributed by atoms with Crippen molar-refractivity contribution in [1.82, 2.24) is 9.97 Å². The standard InChI is InChI=1S/C13H7Cl3N2O3S/c14-7-4-18-13(16)9(15)8(7)12-11(19)10-6(2-1-3-17-10)5-22(12,20)21/h1-4,19H,5H2. The average molecular weight is 378 g/mol. The number of hydrogen-bond acceptors (Lipinski definition) is 5. The number of nitrogens with zero attached hydrogens (tertiary/aromatic N) is 2. The van der Waals surface area contributed by atoms with E-state index in [1.165, 1.54) is 12.4 Å². The third-order valence-electron chi connectivity index (χ3n) is 3.14. The minimum atomic E-state index is -3.87. The molecular weight excluding hydrogens is 371 g/mol. The SMILES string of the molecule is O=S1(=O)Cc2cccnc2C(O)=C1c1c(Cl)cnc(Cl)c1Cl. The predicted molar refractivity (Wildman–Crippen MR) is 85.6 cm³/mol. The Balaban J connectivity index is 2.42. The summed E-state index contributed by atoms with van der Waals surface area (Å²) in [6.07, 6.45) is 2.63. The highest BCUT2D eigenvalue weighted by molar-refractivity contribution is 8.00. The molecule has 0 spiro atoms. The van der Waals surface area contributed by atoms with Crippen LogP contribution in [0.1, 0.15) is 16.8 Å². The molecule has 0 saturated carbocycles. The molecule has 0 fully saturated rings. The molecule has 114 valence electrons. The van der Waals surface area contributed by atoms with Crippen LogP contribution in [0.15, 0.2) is 24.5 Å². The van der Waals surface area contributed by atoms with Crippen molar-refractivity contribution in [3.63, 3.8) is 0 Å². The molecule has 1 N–H and O–H groups in total. The molecule has 9 heteroatoms. The number of rotatable bonds is 1. The number of aromatic nitrogens is 2. The molecule has 1 aliphatic heterocycles. The van der Waals surface area contributed by atoms with E-state index in [2.05, 4.69) is 9.97 Å². The minimum absolute atomic E-state index is 0.0288. The van der Waals surface area contributed by atoms with Gasteiger partial charge in [0.2, 0.25) is 0 Å². The highest BCUT2D eigenvalue weighted by Crippen LogP contribution is 2.43. The second-order valence-electron chi connectivity index (χ2n) is 4.53. The summed E-state index contributed by atoms with van der Waals surface area (Å²) in [5, 5.41) is 10.1. The van der Waals surface area contributed by atoms with Gasteiger partial charge >= 0.3 is 0 Å². The molecular formula is C13H7Cl3N2O3S. The second kappa shape index (κ2) is 5.38. The summed E-state index contributed by atoms with van der Waals surface area (Å²) < 4.78 is 25.1. The van der Waals surface area contributed by atoms with Crippen LogP contribution in [-0.4, -0.2) is 23.5 Å². The number of hydrogen-bond donors (Lipinski definition) is 1. The van der Waals surface area contributed by atoms with Crippen LogP contribution in [0, 0.1) is 0 Å². The number of pyridine rings is 2. The number of aliphatic hydroxyl groups excluding tert-OH is 1. The Morgan fingerprint density at radius 1 is 1.18 bits per heavy atom. The highest BCUT2D eigenvalue weighted by Gasteiger charge is 2.35. The van der Waals surface area contributed by atoms with Crippen molar-refractivity contribution in [2.24, 2.45) is 0 Å². The number of sulfone groups is 1. The molecule has 5 nitrogen and oxygen atoms in total. The first kappa shape index (κ1) is 15.6. The lowest BCUT2D eigenvalue weighted by Gasteiger charge is -2.20. The molecule has 2 aromatic heterocycles. The van der Waals surface area contributed by atoms with Crippen LogP contribution >= 0.6 is 34.8 Å². The maximum atomic E-state index is 12.5. The molecule has 2 aromatic rings. The van der Waals surface area contributed by atoms with E-state index in [1.807, 2.05) is 0 Å². The summed E-state index contributed by atoms with van der Waals surface area (Å²) in [6.45, 7) is 0. The van der Waals surface area contributed by atoms with Crippen molar-refractivity contribution in [3.8, 4) is 0 Å². The van der Waals surface area contributed by atoms with Gasteiger partial charge in [0.15, 0.2) is 15.6 Å². The van der Waals surface area contributed by atoms with Crippen LogP contribution in [0.4, 0.5) is 0 Å². The van der Waals surface area contributed by atoms with Gasteiger partial charge < -0.3 is 5.11 Å². The van der Waals surface area contributed by atoms with Crippen molar-refractivity contribution < 1.29 is 13.5 Å². The maximum Gasteiger partial charge on any atom is 0.187 e. The van der Waals surface area contributed by atoms with E-state index in [9.17, 15) is 13.5 Å². The molecule has 1 aliphatic rings. The Kier molecular flexibility index (Phi) is 3.81. The summed E-state index contributed by atoms with van der Waals surface area (Å²) in [4.78, 5) is 7.36. The normalized spacial score (nSPS) is 16.5. The van der Waals surface area contributed by atoms with Crippen LogP contribution in [0.25, 0.3) is 10.7 Å². The maximum absolute atomic E-state index is 12.5. The zero-order valence-electron chi connectivity index (χ0n) is 10.7. The first-order valence-corrected chi connectivity index (χ1v) is 8.71. The largest absolute Gasteiger partial charge is 0.504 e. The Morgan fingerprint density at radius 2 is 1.91 bits per heavy atom. The van der Waals surface area contributed by atoms with Crippen molar-refractivity contribution in [2.75, 3.05) is 0 Å². The number of fused-ring (bicyclic) bond motifs is 1. The molecule has 0 unspecified atom stereocenters. The zero-order chi connectivity index (χ0) is 16.1. The van der Waals surface area contributed by atoms with Crippen molar-refractivity contribution >= 4 is 55.3 Å². The summed E-state index contributed by atoms with van der Waals surface area (Å²) in [5.41, 5.74) is 0.501. The quantitative estimate of drug-likeness (QED) is 0.766. The molecule has 0 aliphatic carbocycles. The fourth-order valence-corrected chi connectivity index (χ4v) is 4.71. The molecule has 22 heavy (non-hydrogen) atoms. The fourth-order valence-electron chi connectivity index (χ4n) is 2.22. The van der Waals surface area contributed by atoms with E-state index in [0.717, 1.165) is 0 Å². The van der Waals surface area contributed by atoms with Crippen LogP contribution < -0.4 is 0 Å². The fraction of sp³-hybridized carbons (Fsp3) is 0.0769. The summed E-state index contributed by atoms with van der Waals surface area (Å²) in [5.74, 6) is -0.824. The van der Waals surface area contributed by atoms with Crippen molar-refractivity contribution in [3.05, 3.63) is 56.5 Å². The molecule has 0 bridgehead atoms. The van der Waals surface area contributed by atoms with Gasteiger partial charge in [0.05, 0.1) is 15.8 Å². The highest BCUT2D eigenvalue weighted by atomic mass is 35.5. The molecule has 3 heterocycles. The summed E-state index contributed by atoms with van der Waals surface area (Å²) in [6, 6.07) is 3.17. The Morgan fingerprint density at radius 3 is 2.64 bits per heavy atom. The van der Waals surface area contributed by atoms with E-state index in [-0.39, 0.29) is 32.2 Å². The smallest absolute Gasteiger partial charge is 0.187 e. The van der Waals surface area contributed by atoms with Crippen LogP contribution in [0.2, 0.25) is 15.2 Å². The van der Waals surface area contributed by atoms with Gasteiger partial charge in [0, 0.05) is 18.0 Å². The van der Waals surface area contributed by atoms with E-state index >= 15 is 0 Å². The van der Waals surface area contributed by atoms with Gasteiger partial charge in [-0.25, -0.2) is 13.4 Å². The topological polar surface area (TPSA) is 80.2 Å². The summed E-state index contributed by atoms with van der Waals surface area (Å²) in [7, 11) is -3.87. The lowest BCUT2D eigenvalue weighted by atomic mass is 10.1. The first-order chi connectivity index (χ1) is 10.3. The first-order valence-electron chi connectivity index (χ1n) is 5.93. The Hall–Kier alpha value is -1.34. The van der Waals surface area contributed by atoms with Gasteiger partial charge in [0.25, 0.3) is 0 Å². The van der Waals surface area contributed by atoms with Gasteiger partial charge in [-0.15, -0.1) is 0 Å². The van der Waals surface area contributed by atoms with Gasteiger partial charge in [-0.2, -0.15) is 0 Å². The monoisotopic (exact) mass is 376 g/mol. The van der Waals surface area contributed by atoms with Crippen molar-refractivity contribution in [1.29, 1.82) is 0 Å². The molecule has 0 radical (unpaired) electrons. The van der Waals surface area contributed by atoms with E-state index in [1.54, 1.807) is 12.1 Å². The Labute approximate surface area is 141 Å². The lowest BCUT2D eigenvalue weighted by Crippen LogP contribution is -2.17. The Bertz CT molecular complexity index is 926. The van der Waals surface area contributed by atoms with E-state index in [4.69, 9.17) is 34.8 Å². The third kappa shape index (κ3) is 2.36.